The molecule has 2 saturated carbocycles. The number of hydrogen-bond donors (Lipinski definition) is 2. The molecule has 6 rings (SSSR count). The van der Waals surface area contributed by atoms with Gasteiger partial charge in [-0.2, -0.15) is 0 Å². The molecule has 5 atom stereocenters. The van der Waals surface area contributed by atoms with Crippen molar-refractivity contribution in [1.29, 1.82) is 0 Å². The van der Waals surface area contributed by atoms with Gasteiger partial charge in [-0.05, 0) is 157 Å². The molecular formula is C37H64N4O3S. The Morgan fingerprint density at radius 1 is 1.09 bits per heavy atom. The number of ether oxygens (including phenoxy) is 1. The van der Waals surface area contributed by atoms with Gasteiger partial charge < -0.3 is 19.7 Å². The first-order valence-corrected chi connectivity index (χ1v) is 18.8. The molecule has 5 aliphatic rings. The lowest BCUT2D eigenvalue weighted by Crippen LogP contribution is -2.48. The van der Waals surface area contributed by atoms with Crippen LogP contribution in [0.2, 0.25) is 0 Å². The molecule has 2 aliphatic heterocycles. The van der Waals surface area contributed by atoms with Gasteiger partial charge in [-0.25, -0.2) is 14.6 Å². The number of nitrogens with zero attached hydrogens (tertiary/aromatic N) is 3. The molecule has 0 spiro atoms. The molecule has 7 nitrogen and oxygen atoms in total. The zero-order valence-corrected chi connectivity index (χ0v) is 29.3. The monoisotopic (exact) mass is 644 g/mol. The van der Waals surface area contributed by atoms with Crippen molar-refractivity contribution in [1.82, 2.24) is 19.6 Å². The van der Waals surface area contributed by atoms with Gasteiger partial charge in [0, 0.05) is 30.7 Å². The van der Waals surface area contributed by atoms with Crippen LogP contribution in [-0.2, 0) is 6.42 Å². The highest BCUT2D eigenvalue weighted by Crippen LogP contribution is 2.60. The molecule has 3 aliphatic carbocycles. The Balaban J connectivity index is 0.000000405. The number of aryl methyl sites for hydroxylation is 1. The summed E-state index contributed by atoms with van der Waals surface area (Å²) in [4.78, 5) is 17.5. The first-order chi connectivity index (χ1) is 21.1. The topological polar surface area (TPSA) is 68.3 Å². The molecule has 0 aromatic heterocycles. The predicted octanol–water partition coefficient (Wildman–Crippen LogP) is 8.36. The molecule has 45 heavy (non-hydrogen) atoms. The highest BCUT2D eigenvalue weighted by atomic mass is 32.2. The minimum atomic E-state index is -0.183. The van der Waals surface area contributed by atoms with Gasteiger partial charge >= 0.3 is 6.09 Å². The number of carbonyl (C=O) groups is 1. The van der Waals surface area contributed by atoms with E-state index in [4.69, 9.17) is 4.74 Å². The van der Waals surface area contributed by atoms with Crippen LogP contribution >= 0.6 is 11.9 Å². The van der Waals surface area contributed by atoms with Gasteiger partial charge in [0.2, 0.25) is 0 Å². The normalized spacial score (nSPS) is 30.4. The van der Waals surface area contributed by atoms with Crippen LogP contribution < -0.4 is 10.2 Å². The molecule has 2 saturated heterocycles. The number of hydrogen-bond acceptors (Lipinski definition) is 7. The summed E-state index contributed by atoms with van der Waals surface area (Å²) in [7, 11) is 2.13. The van der Waals surface area contributed by atoms with Gasteiger partial charge in [-0.1, -0.05) is 45.7 Å². The second-order valence-corrected chi connectivity index (χ2v) is 16.0. The molecule has 8 heteroatoms. The van der Waals surface area contributed by atoms with Gasteiger partial charge in [-0.15, -0.1) is 0 Å². The second kappa shape index (κ2) is 15.7. The molecule has 2 heterocycles. The van der Waals surface area contributed by atoms with Crippen molar-refractivity contribution in [3.05, 3.63) is 29.3 Å². The molecule has 1 aromatic rings. The molecule has 0 radical (unpaired) electrons. The van der Waals surface area contributed by atoms with Crippen molar-refractivity contribution in [2.24, 2.45) is 17.3 Å². The molecule has 2 N–H and O–H groups in total. The molecule has 0 bridgehead atoms. The summed E-state index contributed by atoms with van der Waals surface area (Å²) in [6.07, 6.45) is 16.2. The van der Waals surface area contributed by atoms with E-state index in [0.717, 1.165) is 38.8 Å². The summed E-state index contributed by atoms with van der Waals surface area (Å²) in [5.74, 6) is 2.70. The van der Waals surface area contributed by atoms with E-state index in [2.05, 4.69) is 67.8 Å². The van der Waals surface area contributed by atoms with Crippen LogP contribution in [0.5, 0.6) is 5.75 Å². The Labute approximate surface area is 279 Å². The summed E-state index contributed by atoms with van der Waals surface area (Å²) in [5.41, 5.74) is 6.05. The number of piperidine rings is 2. The fourth-order valence-electron chi connectivity index (χ4n) is 9.17. The lowest BCUT2D eigenvalue weighted by Gasteiger charge is -2.50. The first kappa shape index (κ1) is 36.5. The number of benzene rings is 1. The van der Waals surface area contributed by atoms with Gasteiger partial charge in [-0.3, -0.25) is 0 Å². The molecule has 1 aromatic carbocycles. The highest BCUT2D eigenvalue weighted by Gasteiger charge is 2.54. The van der Waals surface area contributed by atoms with Crippen molar-refractivity contribution in [3.8, 4) is 5.75 Å². The fourth-order valence-corrected chi connectivity index (χ4v) is 9.79. The standard InChI is InChI=1S/C29H43N3O3.C7H17NS.CH4/c1-29-14-11-24-23-8-6-22(19-20(23)5-7-25(24)26(29)9-10-27(29)30-34)35-28(33)32-17-12-21(13-18-32)31-15-3-2-4-16-31;1-6-7(2,3)8(4)9-5;/h6,8,19,21,24-27,30,34H,2-5,7,9-18H2,1H3;6H2,1-5H3;1H4. The molecule has 1 amide bonds. The quantitative estimate of drug-likeness (QED) is 0.238. The van der Waals surface area contributed by atoms with Crippen LogP contribution in [0.1, 0.15) is 123 Å². The third-order valence-corrected chi connectivity index (χ3v) is 13.7. The number of hydroxylamine groups is 1. The van der Waals surface area contributed by atoms with Crippen molar-refractivity contribution < 1.29 is 14.7 Å². The van der Waals surface area contributed by atoms with E-state index in [-0.39, 0.29) is 25.0 Å². The Hall–Kier alpha value is -1.32. The zero-order valence-electron chi connectivity index (χ0n) is 28.4. The predicted molar refractivity (Wildman–Crippen MR) is 188 cm³/mol. The summed E-state index contributed by atoms with van der Waals surface area (Å²) in [6.45, 7) is 13.2. The Morgan fingerprint density at radius 3 is 2.42 bits per heavy atom. The third-order valence-electron chi connectivity index (χ3n) is 12.7. The maximum Gasteiger partial charge on any atom is 0.415 e. The summed E-state index contributed by atoms with van der Waals surface area (Å²) < 4.78 is 8.17. The number of likely N-dealkylation sites (tertiary alicyclic amines) is 2. The summed E-state index contributed by atoms with van der Waals surface area (Å²) in [5, 5.41) is 9.70. The Kier molecular flexibility index (Phi) is 12.8. The lowest BCUT2D eigenvalue weighted by molar-refractivity contribution is -0.000726. The molecule has 256 valence electrons. The molecular weight excluding hydrogens is 580 g/mol. The maximum absolute atomic E-state index is 12.9. The van der Waals surface area contributed by atoms with Crippen molar-refractivity contribution in [3.63, 3.8) is 0 Å². The minimum absolute atomic E-state index is 0. The van der Waals surface area contributed by atoms with Crippen LogP contribution in [0.15, 0.2) is 18.2 Å². The van der Waals surface area contributed by atoms with Crippen molar-refractivity contribution in [2.45, 2.75) is 136 Å². The van der Waals surface area contributed by atoms with E-state index < -0.39 is 0 Å². The average Bonchev–Trinajstić information content (AvgIpc) is 3.41. The van der Waals surface area contributed by atoms with Crippen LogP contribution in [0.25, 0.3) is 0 Å². The van der Waals surface area contributed by atoms with Gasteiger partial charge in [0.1, 0.15) is 5.75 Å². The third kappa shape index (κ3) is 7.88. The van der Waals surface area contributed by atoms with Gasteiger partial charge in [0.25, 0.3) is 0 Å². The number of fused-ring (bicyclic) bond motifs is 5. The number of rotatable bonds is 6. The SMILES string of the molecule is C.CC12CCC3c4ccc(OC(=O)N5CCC(N6CCCCC6)CC5)cc4CCC3C1CCC2NO.CCC(C)(C)N(C)SC. The van der Waals surface area contributed by atoms with E-state index in [1.165, 1.54) is 75.6 Å². The second-order valence-electron chi connectivity index (χ2n) is 15.1. The average molecular weight is 645 g/mol. The van der Waals surface area contributed by atoms with Crippen LogP contribution in [-0.4, -0.2) is 82.5 Å². The molecule has 5 unspecified atom stereocenters. The first-order valence-electron chi connectivity index (χ1n) is 17.6. The van der Waals surface area contributed by atoms with Gasteiger partial charge in [0.15, 0.2) is 0 Å². The van der Waals surface area contributed by atoms with Crippen LogP contribution in [0, 0.1) is 17.3 Å². The molecule has 4 fully saturated rings. The summed E-state index contributed by atoms with van der Waals surface area (Å²) >= 11 is 1.79. The zero-order chi connectivity index (χ0) is 31.5. The minimum Gasteiger partial charge on any atom is -0.410 e. The highest BCUT2D eigenvalue weighted by molar-refractivity contribution is 7.96. The number of amides is 1. The van der Waals surface area contributed by atoms with E-state index in [1.54, 1.807) is 11.9 Å². The maximum atomic E-state index is 12.9. The van der Waals surface area contributed by atoms with Gasteiger partial charge in [0.05, 0.1) is 0 Å². The van der Waals surface area contributed by atoms with Crippen LogP contribution in [0.4, 0.5) is 4.79 Å². The van der Waals surface area contributed by atoms with E-state index in [1.807, 2.05) is 11.0 Å². The van der Waals surface area contributed by atoms with Crippen molar-refractivity contribution >= 4 is 18.0 Å². The van der Waals surface area contributed by atoms with Crippen molar-refractivity contribution in [2.75, 3.05) is 39.5 Å². The van der Waals surface area contributed by atoms with E-state index in [0.29, 0.717) is 35.1 Å². The smallest absolute Gasteiger partial charge is 0.410 e. The fraction of sp³-hybridized carbons (Fsp3) is 0.811. The van der Waals surface area contributed by atoms with E-state index in [9.17, 15) is 10.0 Å². The summed E-state index contributed by atoms with van der Waals surface area (Å²) in [6, 6.07) is 7.29. The number of carbonyl (C=O) groups excluding carboxylic acids is 1. The van der Waals surface area contributed by atoms with E-state index >= 15 is 0 Å². The number of nitrogens with one attached hydrogen (secondary N) is 1. The largest absolute Gasteiger partial charge is 0.415 e. The Bertz CT molecular complexity index is 1100. The Morgan fingerprint density at radius 2 is 1.80 bits per heavy atom. The lowest BCUT2D eigenvalue weighted by atomic mass is 9.55. The van der Waals surface area contributed by atoms with Crippen LogP contribution in [0.3, 0.4) is 0 Å².